The molecule has 2 aliphatic rings. The van der Waals surface area contributed by atoms with E-state index in [9.17, 15) is 18.8 Å². The number of pyridine rings is 1. The predicted octanol–water partition coefficient (Wildman–Crippen LogP) is 4.05. The van der Waals surface area contributed by atoms with Gasteiger partial charge in [-0.25, -0.2) is 19.0 Å². The number of carbonyl (C=O) groups is 3. The van der Waals surface area contributed by atoms with E-state index in [1.54, 1.807) is 11.0 Å². The first-order valence-electron chi connectivity index (χ1n) is 12.8. The summed E-state index contributed by atoms with van der Waals surface area (Å²) < 4.78 is 13.2. The van der Waals surface area contributed by atoms with Gasteiger partial charge in [-0.1, -0.05) is 11.6 Å². The van der Waals surface area contributed by atoms with Crippen LogP contribution < -0.4 is 21.3 Å². The van der Waals surface area contributed by atoms with Crippen LogP contribution in [-0.4, -0.2) is 71.5 Å². The molecule has 10 nitrogen and oxygen atoms in total. The number of rotatable bonds is 3. The number of halogens is 2. The fraction of sp³-hybridized carbons (Fsp3) is 0.333. The summed E-state index contributed by atoms with van der Waals surface area (Å²) in [7, 11) is 0. The van der Waals surface area contributed by atoms with Crippen molar-refractivity contribution in [1.29, 1.82) is 0 Å². The molecular formula is C27H29ClFN7O3. The molecule has 0 bridgehead atoms. The molecule has 5 amide bonds. The number of benzene rings is 2. The summed E-state index contributed by atoms with van der Waals surface area (Å²) in [5, 5.41) is 6.96. The minimum atomic E-state index is -0.814. The molecule has 1 aromatic heterocycles. The Hall–Kier alpha value is -4.12. The van der Waals surface area contributed by atoms with Crippen molar-refractivity contribution in [3.63, 3.8) is 0 Å². The summed E-state index contributed by atoms with van der Waals surface area (Å²) in [4.78, 5) is 48.4. The van der Waals surface area contributed by atoms with Gasteiger partial charge in [0.05, 0.1) is 5.52 Å². The number of nitrogens with two attached hydrogens (primary N) is 1. The van der Waals surface area contributed by atoms with Gasteiger partial charge in [-0.3, -0.25) is 9.69 Å². The Morgan fingerprint density at radius 1 is 0.974 bits per heavy atom. The molecular weight excluding hydrogens is 525 g/mol. The molecule has 2 saturated heterocycles. The van der Waals surface area contributed by atoms with Crippen LogP contribution in [-0.2, 0) is 4.79 Å². The van der Waals surface area contributed by atoms with Crippen molar-refractivity contribution in [2.75, 3.05) is 48.7 Å². The summed E-state index contributed by atoms with van der Waals surface area (Å²) in [5.41, 5.74) is 8.04. The molecule has 4 N–H and O–H groups in total. The largest absolute Gasteiger partial charge is 0.384 e. The van der Waals surface area contributed by atoms with E-state index in [-0.39, 0.29) is 12.6 Å². The number of carbonyl (C=O) groups excluding carboxylic acids is 3. The first-order valence-corrected chi connectivity index (χ1v) is 13.2. The number of piperazine rings is 1. The van der Waals surface area contributed by atoms with Crippen LogP contribution in [0.15, 0.2) is 48.5 Å². The number of nitrogen functional groups attached to an aromatic ring is 1. The number of likely N-dealkylation sites (tertiary alicyclic amines) is 1. The second kappa shape index (κ2) is 11.3. The lowest BCUT2D eigenvalue weighted by Crippen LogP contribution is -2.56. The zero-order chi connectivity index (χ0) is 27.5. The zero-order valence-corrected chi connectivity index (χ0v) is 22.0. The van der Waals surface area contributed by atoms with E-state index in [1.165, 1.54) is 24.3 Å². The lowest BCUT2D eigenvalue weighted by molar-refractivity contribution is -0.129. The van der Waals surface area contributed by atoms with Gasteiger partial charge in [-0.05, 0) is 61.7 Å². The fourth-order valence-corrected chi connectivity index (χ4v) is 5.12. The maximum Gasteiger partial charge on any atom is 0.328 e. The van der Waals surface area contributed by atoms with Crippen LogP contribution in [0.3, 0.4) is 0 Å². The molecule has 204 valence electrons. The van der Waals surface area contributed by atoms with E-state index >= 15 is 0 Å². The fourth-order valence-electron chi connectivity index (χ4n) is 4.96. The van der Waals surface area contributed by atoms with E-state index in [0.717, 1.165) is 16.0 Å². The van der Waals surface area contributed by atoms with Gasteiger partial charge in [0.2, 0.25) is 0 Å². The summed E-state index contributed by atoms with van der Waals surface area (Å²) in [5.74, 6) is -0.498. The predicted molar refractivity (Wildman–Crippen MR) is 148 cm³/mol. The van der Waals surface area contributed by atoms with Gasteiger partial charge in [0.15, 0.2) is 0 Å². The van der Waals surface area contributed by atoms with Gasteiger partial charge in [0, 0.05) is 60.6 Å². The van der Waals surface area contributed by atoms with E-state index in [1.807, 2.05) is 18.2 Å². The molecule has 2 fully saturated rings. The number of amides is 5. The molecule has 5 rings (SSSR count). The number of urea groups is 2. The molecule has 0 spiro atoms. The van der Waals surface area contributed by atoms with Gasteiger partial charge in [-0.15, -0.1) is 0 Å². The minimum Gasteiger partial charge on any atom is -0.384 e. The Kier molecular flexibility index (Phi) is 7.69. The molecule has 0 aliphatic carbocycles. The second-order valence-electron chi connectivity index (χ2n) is 9.63. The summed E-state index contributed by atoms with van der Waals surface area (Å²) >= 11 is 6.12. The third-order valence-corrected chi connectivity index (χ3v) is 7.24. The molecule has 0 radical (unpaired) electrons. The maximum atomic E-state index is 13.2. The number of nitrogens with zero attached hydrogens (tertiary/aromatic N) is 4. The minimum absolute atomic E-state index is 0.241. The van der Waals surface area contributed by atoms with Gasteiger partial charge in [0.1, 0.15) is 17.7 Å². The van der Waals surface area contributed by atoms with E-state index in [0.29, 0.717) is 67.5 Å². The summed E-state index contributed by atoms with van der Waals surface area (Å²) in [6.45, 7) is 2.27. The van der Waals surface area contributed by atoms with E-state index in [4.69, 9.17) is 17.3 Å². The van der Waals surface area contributed by atoms with Crippen LogP contribution in [0.2, 0.25) is 5.02 Å². The van der Waals surface area contributed by atoms with Crippen molar-refractivity contribution in [2.45, 2.75) is 25.3 Å². The molecule has 0 saturated carbocycles. The van der Waals surface area contributed by atoms with Gasteiger partial charge in [-0.2, -0.15) is 0 Å². The maximum absolute atomic E-state index is 13.2. The lowest BCUT2D eigenvalue weighted by atomic mass is 10.1. The normalized spacial score (nSPS) is 18.2. The highest BCUT2D eigenvalue weighted by atomic mass is 35.5. The SMILES string of the molecule is Nc1cc(N2CCN(C(=O)N[C@@H]3CCCCN(C(=O)Nc4ccc(F)cc4)C3=O)CC2)c2ccc(Cl)cc2n1. The third kappa shape index (κ3) is 5.98. The van der Waals surface area contributed by atoms with Crippen LogP contribution in [0, 0.1) is 5.82 Å². The first kappa shape index (κ1) is 26.5. The summed E-state index contributed by atoms with van der Waals surface area (Å²) in [6, 6.07) is 10.8. The smallest absolute Gasteiger partial charge is 0.328 e. The Bertz CT molecular complexity index is 1390. The van der Waals surface area contributed by atoms with Gasteiger partial charge >= 0.3 is 12.1 Å². The van der Waals surface area contributed by atoms with Crippen molar-refractivity contribution in [2.24, 2.45) is 0 Å². The Labute approximate surface area is 229 Å². The highest BCUT2D eigenvalue weighted by Crippen LogP contribution is 2.30. The average molecular weight is 554 g/mol. The number of hydrogen-bond donors (Lipinski definition) is 3. The highest BCUT2D eigenvalue weighted by molar-refractivity contribution is 6.31. The second-order valence-corrected chi connectivity index (χ2v) is 10.1. The lowest BCUT2D eigenvalue weighted by Gasteiger charge is -2.37. The van der Waals surface area contributed by atoms with E-state index < -0.39 is 23.8 Å². The number of fused-ring (bicyclic) bond motifs is 1. The Morgan fingerprint density at radius 2 is 1.72 bits per heavy atom. The molecule has 0 unspecified atom stereocenters. The van der Waals surface area contributed by atoms with Crippen LogP contribution in [0.5, 0.6) is 0 Å². The van der Waals surface area contributed by atoms with Gasteiger partial charge in [0.25, 0.3) is 5.91 Å². The highest BCUT2D eigenvalue weighted by Gasteiger charge is 2.33. The molecule has 12 heteroatoms. The van der Waals surface area contributed by atoms with Crippen LogP contribution in [0.4, 0.5) is 31.2 Å². The van der Waals surface area contributed by atoms with E-state index in [2.05, 4.69) is 20.5 Å². The standard InChI is InChI=1S/C27H29ClFN7O3/c28-17-4-9-20-22(15-17)32-24(30)16-23(20)34-11-13-35(14-12-34)26(38)33-21-3-1-2-10-36(25(21)37)27(39)31-19-7-5-18(29)6-8-19/h4-9,15-16,21H,1-3,10-14H2,(H2,30,32)(H,31,39)(H,33,38)/t21-/m1/s1. The van der Waals surface area contributed by atoms with Gasteiger partial charge < -0.3 is 26.2 Å². The van der Waals surface area contributed by atoms with Crippen molar-refractivity contribution in [3.8, 4) is 0 Å². The van der Waals surface area contributed by atoms with Crippen LogP contribution >= 0.6 is 11.6 Å². The van der Waals surface area contributed by atoms with Crippen molar-refractivity contribution >= 4 is 57.7 Å². The third-order valence-electron chi connectivity index (χ3n) is 7.00. The molecule has 3 heterocycles. The first-order chi connectivity index (χ1) is 18.8. The summed E-state index contributed by atoms with van der Waals surface area (Å²) in [6.07, 6.45) is 1.75. The monoisotopic (exact) mass is 553 g/mol. The number of hydrogen-bond acceptors (Lipinski definition) is 6. The van der Waals surface area contributed by atoms with Crippen molar-refractivity contribution in [3.05, 3.63) is 59.4 Å². The Morgan fingerprint density at radius 3 is 2.46 bits per heavy atom. The quantitative estimate of drug-likeness (QED) is 0.449. The van der Waals surface area contributed by atoms with Crippen molar-refractivity contribution in [1.82, 2.24) is 20.1 Å². The number of nitrogens with one attached hydrogen (secondary N) is 2. The van der Waals surface area contributed by atoms with Crippen molar-refractivity contribution < 1.29 is 18.8 Å². The molecule has 2 aliphatic heterocycles. The number of imide groups is 1. The zero-order valence-electron chi connectivity index (χ0n) is 21.2. The Balaban J connectivity index is 1.20. The van der Waals surface area contributed by atoms with Crippen LogP contribution in [0.25, 0.3) is 10.9 Å². The van der Waals surface area contributed by atoms with Crippen LogP contribution in [0.1, 0.15) is 19.3 Å². The molecule has 1 atom stereocenters. The molecule has 2 aromatic carbocycles. The molecule has 3 aromatic rings. The average Bonchev–Trinajstić information content (AvgIpc) is 3.10. The molecule has 39 heavy (non-hydrogen) atoms. The number of aromatic nitrogens is 1. The number of anilines is 3. The topological polar surface area (TPSA) is 124 Å².